The highest BCUT2D eigenvalue weighted by molar-refractivity contribution is 5.20. The molecule has 1 aromatic rings. The SMILES string of the molecule is c1ccc(OCC2CCCO2)cc1. The molecule has 1 saturated heterocycles. The van der Waals surface area contributed by atoms with Crippen LogP contribution in [0.2, 0.25) is 0 Å². The number of hydrogen-bond donors (Lipinski definition) is 0. The Kier molecular flexibility index (Phi) is 2.82. The van der Waals surface area contributed by atoms with E-state index in [0.29, 0.717) is 12.7 Å². The minimum atomic E-state index is 0.306. The highest BCUT2D eigenvalue weighted by Crippen LogP contribution is 2.14. The molecule has 1 aromatic carbocycles. The van der Waals surface area contributed by atoms with Crippen LogP contribution in [0.25, 0.3) is 0 Å². The molecule has 1 aliphatic rings. The Morgan fingerprint density at radius 3 is 2.85 bits per heavy atom. The van der Waals surface area contributed by atoms with Crippen LogP contribution in [0.15, 0.2) is 30.3 Å². The van der Waals surface area contributed by atoms with Gasteiger partial charge in [-0.05, 0) is 25.0 Å². The summed E-state index contributed by atoms with van der Waals surface area (Å²) in [6.45, 7) is 1.58. The molecule has 1 fully saturated rings. The third-order valence-corrected chi connectivity index (χ3v) is 2.20. The van der Waals surface area contributed by atoms with E-state index in [1.54, 1.807) is 0 Å². The summed E-state index contributed by atoms with van der Waals surface area (Å²) in [6, 6.07) is 9.87. The third kappa shape index (κ3) is 2.46. The van der Waals surface area contributed by atoms with E-state index in [-0.39, 0.29) is 0 Å². The lowest BCUT2D eigenvalue weighted by Gasteiger charge is -2.10. The lowest BCUT2D eigenvalue weighted by Crippen LogP contribution is -2.16. The first kappa shape index (κ1) is 8.57. The van der Waals surface area contributed by atoms with Gasteiger partial charge < -0.3 is 9.47 Å². The van der Waals surface area contributed by atoms with Gasteiger partial charge in [0.25, 0.3) is 0 Å². The zero-order valence-electron chi connectivity index (χ0n) is 7.61. The van der Waals surface area contributed by atoms with Crippen molar-refractivity contribution in [1.29, 1.82) is 0 Å². The molecule has 0 saturated carbocycles. The van der Waals surface area contributed by atoms with Gasteiger partial charge in [0.1, 0.15) is 12.4 Å². The van der Waals surface area contributed by atoms with Crippen molar-refractivity contribution < 1.29 is 9.47 Å². The Bertz CT molecular complexity index is 240. The first-order valence-corrected chi connectivity index (χ1v) is 4.74. The molecule has 0 N–H and O–H groups in total. The third-order valence-electron chi connectivity index (χ3n) is 2.20. The molecule has 70 valence electrons. The van der Waals surface area contributed by atoms with Gasteiger partial charge in [-0.2, -0.15) is 0 Å². The van der Waals surface area contributed by atoms with Crippen LogP contribution in [-0.4, -0.2) is 19.3 Å². The second-order valence-electron chi connectivity index (χ2n) is 3.26. The van der Waals surface area contributed by atoms with Crippen LogP contribution in [0.5, 0.6) is 5.75 Å². The Balaban J connectivity index is 1.79. The molecule has 0 radical (unpaired) electrons. The van der Waals surface area contributed by atoms with E-state index < -0.39 is 0 Å². The van der Waals surface area contributed by atoms with Gasteiger partial charge in [-0.1, -0.05) is 18.2 Å². The maximum Gasteiger partial charge on any atom is 0.119 e. The van der Waals surface area contributed by atoms with Crippen LogP contribution < -0.4 is 4.74 Å². The van der Waals surface area contributed by atoms with E-state index in [4.69, 9.17) is 9.47 Å². The van der Waals surface area contributed by atoms with Crippen molar-refractivity contribution in [3.05, 3.63) is 30.3 Å². The lowest BCUT2D eigenvalue weighted by molar-refractivity contribution is 0.0679. The highest BCUT2D eigenvalue weighted by atomic mass is 16.5. The summed E-state index contributed by atoms with van der Waals surface area (Å²) in [7, 11) is 0. The Morgan fingerprint density at radius 2 is 2.15 bits per heavy atom. The highest BCUT2D eigenvalue weighted by Gasteiger charge is 2.15. The molecule has 2 heteroatoms. The fourth-order valence-electron chi connectivity index (χ4n) is 1.48. The summed E-state index contributed by atoms with van der Waals surface area (Å²) < 4.78 is 11.0. The average molecular weight is 178 g/mol. The Labute approximate surface area is 78.5 Å². The number of rotatable bonds is 3. The van der Waals surface area contributed by atoms with Gasteiger partial charge in [0.15, 0.2) is 0 Å². The Morgan fingerprint density at radius 1 is 1.31 bits per heavy atom. The average Bonchev–Trinajstić information content (AvgIpc) is 2.69. The molecule has 0 aromatic heterocycles. The molecular formula is C11H14O2. The zero-order chi connectivity index (χ0) is 8.93. The molecule has 1 unspecified atom stereocenters. The number of ether oxygens (including phenoxy) is 2. The molecule has 1 aliphatic heterocycles. The van der Waals surface area contributed by atoms with Crippen molar-refractivity contribution in [2.75, 3.05) is 13.2 Å². The molecule has 2 rings (SSSR count). The molecule has 0 aliphatic carbocycles. The molecule has 1 heterocycles. The lowest BCUT2D eigenvalue weighted by atomic mass is 10.2. The molecule has 0 bridgehead atoms. The van der Waals surface area contributed by atoms with Gasteiger partial charge >= 0.3 is 0 Å². The van der Waals surface area contributed by atoms with Gasteiger partial charge in [0.2, 0.25) is 0 Å². The summed E-state index contributed by atoms with van der Waals surface area (Å²) >= 11 is 0. The normalized spacial score (nSPS) is 21.7. The standard InChI is InChI=1S/C11H14O2/c1-2-5-10(6-3-1)13-9-11-7-4-8-12-11/h1-3,5-6,11H,4,7-9H2. The van der Waals surface area contributed by atoms with E-state index in [1.165, 1.54) is 6.42 Å². The quantitative estimate of drug-likeness (QED) is 0.706. The monoisotopic (exact) mass is 178 g/mol. The van der Waals surface area contributed by atoms with Gasteiger partial charge in [0, 0.05) is 6.61 Å². The minimum Gasteiger partial charge on any atom is -0.491 e. The van der Waals surface area contributed by atoms with E-state index in [9.17, 15) is 0 Å². The largest absolute Gasteiger partial charge is 0.491 e. The van der Waals surface area contributed by atoms with E-state index in [0.717, 1.165) is 18.8 Å². The maximum absolute atomic E-state index is 5.56. The van der Waals surface area contributed by atoms with Crippen LogP contribution in [0.4, 0.5) is 0 Å². The number of benzene rings is 1. The van der Waals surface area contributed by atoms with Crippen LogP contribution in [0.3, 0.4) is 0 Å². The topological polar surface area (TPSA) is 18.5 Å². The second kappa shape index (κ2) is 4.28. The molecule has 13 heavy (non-hydrogen) atoms. The van der Waals surface area contributed by atoms with Crippen molar-refractivity contribution >= 4 is 0 Å². The first-order chi connectivity index (χ1) is 6.45. The van der Waals surface area contributed by atoms with Gasteiger partial charge in [-0.3, -0.25) is 0 Å². The molecule has 0 amide bonds. The van der Waals surface area contributed by atoms with Crippen LogP contribution in [0, 0.1) is 0 Å². The minimum absolute atomic E-state index is 0.306. The van der Waals surface area contributed by atoms with Crippen LogP contribution in [0.1, 0.15) is 12.8 Å². The van der Waals surface area contributed by atoms with Crippen molar-refractivity contribution in [2.24, 2.45) is 0 Å². The molecule has 1 atom stereocenters. The number of hydrogen-bond acceptors (Lipinski definition) is 2. The fourth-order valence-corrected chi connectivity index (χ4v) is 1.48. The predicted octanol–water partition coefficient (Wildman–Crippen LogP) is 2.24. The number of para-hydroxylation sites is 1. The fraction of sp³-hybridized carbons (Fsp3) is 0.455. The van der Waals surface area contributed by atoms with Crippen molar-refractivity contribution in [3.63, 3.8) is 0 Å². The van der Waals surface area contributed by atoms with Crippen LogP contribution >= 0.6 is 0 Å². The van der Waals surface area contributed by atoms with E-state index in [1.807, 2.05) is 30.3 Å². The summed E-state index contributed by atoms with van der Waals surface area (Å²) in [5.74, 6) is 0.929. The molecule has 2 nitrogen and oxygen atoms in total. The Hall–Kier alpha value is -1.02. The van der Waals surface area contributed by atoms with Crippen molar-refractivity contribution in [2.45, 2.75) is 18.9 Å². The summed E-state index contributed by atoms with van der Waals surface area (Å²) in [5.41, 5.74) is 0. The zero-order valence-corrected chi connectivity index (χ0v) is 7.61. The summed E-state index contributed by atoms with van der Waals surface area (Å²) in [6.07, 6.45) is 2.61. The molecule has 0 spiro atoms. The molecular weight excluding hydrogens is 164 g/mol. The van der Waals surface area contributed by atoms with Gasteiger partial charge in [-0.25, -0.2) is 0 Å². The maximum atomic E-state index is 5.56. The van der Waals surface area contributed by atoms with Gasteiger partial charge in [0.05, 0.1) is 6.10 Å². The van der Waals surface area contributed by atoms with Crippen LogP contribution in [-0.2, 0) is 4.74 Å². The van der Waals surface area contributed by atoms with Crippen molar-refractivity contribution in [1.82, 2.24) is 0 Å². The van der Waals surface area contributed by atoms with Gasteiger partial charge in [-0.15, -0.1) is 0 Å². The van der Waals surface area contributed by atoms with E-state index >= 15 is 0 Å². The van der Waals surface area contributed by atoms with E-state index in [2.05, 4.69) is 0 Å². The van der Waals surface area contributed by atoms with Crippen molar-refractivity contribution in [3.8, 4) is 5.75 Å². The smallest absolute Gasteiger partial charge is 0.119 e. The summed E-state index contributed by atoms with van der Waals surface area (Å²) in [5, 5.41) is 0. The predicted molar refractivity (Wildman–Crippen MR) is 50.9 cm³/mol. The second-order valence-corrected chi connectivity index (χ2v) is 3.26. The first-order valence-electron chi connectivity index (χ1n) is 4.74. The summed E-state index contributed by atoms with van der Waals surface area (Å²) in [4.78, 5) is 0.